The molecule has 0 radical (unpaired) electrons. The molecule has 2 aliphatic rings. The van der Waals surface area contributed by atoms with Gasteiger partial charge in [-0.15, -0.1) is 0 Å². The second-order valence-corrected chi connectivity index (χ2v) is 11.8. The predicted octanol–water partition coefficient (Wildman–Crippen LogP) is 7.33. The third-order valence-corrected chi connectivity index (χ3v) is 9.05. The maximum Gasteiger partial charge on any atom is 0.340 e. The minimum Gasteiger partial charge on any atom is -0.466 e. The van der Waals surface area contributed by atoms with Crippen molar-refractivity contribution >= 4 is 17.9 Å². The lowest BCUT2D eigenvalue weighted by molar-refractivity contribution is -0.149. The van der Waals surface area contributed by atoms with E-state index in [0.29, 0.717) is 43.1 Å². The van der Waals surface area contributed by atoms with Crippen molar-refractivity contribution in [2.75, 3.05) is 13.2 Å². The number of carbonyl (C=O) groups excluding carboxylic acids is 3. The van der Waals surface area contributed by atoms with Crippen molar-refractivity contribution in [2.45, 2.75) is 65.9 Å². The maximum absolute atomic E-state index is 13.2. The van der Waals surface area contributed by atoms with Gasteiger partial charge in [-0.05, 0) is 67.3 Å². The second-order valence-electron chi connectivity index (χ2n) is 11.8. The first kappa shape index (κ1) is 30.3. The normalized spacial score (nSPS) is 19.2. The van der Waals surface area contributed by atoms with Crippen LogP contribution in [0.2, 0.25) is 0 Å². The number of hydrogen-bond donors (Lipinski definition) is 0. The summed E-state index contributed by atoms with van der Waals surface area (Å²) in [5.41, 5.74) is 3.68. The van der Waals surface area contributed by atoms with Crippen LogP contribution in [0.15, 0.2) is 60.7 Å². The average Bonchev–Trinajstić information content (AvgIpc) is 3.28. The summed E-state index contributed by atoms with van der Waals surface area (Å²) in [4.78, 5) is 37.8. The topological polar surface area (TPSA) is 88.1 Å². The van der Waals surface area contributed by atoms with E-state index < -0.39 is 5.60 Å². The number of benzene rings is 3. The second kappa shape index (κ2) is 12.2. The highest BCUT2D eigenvalue weighted by Crippen LogP contribution is 2.56. The number of hydrogen-bond acceptors (Lipinski definition) is 7. The lowest BCUT2D eigenvalue weighted by Gasteiger charge is -2.37. The Morgan fingerprint density at radius 2 is 1.49 bits per heavy atom. The molecule has 5 rings (SSSR count). The van der Waals surface area contributed by atoms with Crippen LogP contribution in [0.3, 0.4) is 0 Å². The Kier molecular flexibility index (Phi) is 8.63. The van der Waals surface area contributed by atoms with Gasteiger partial charge in [0.05, 0.1) is 24.7 Å². The van der Waals surface area contributed by atoms with E-state index in [1.165, 1.54) is 0 Å². The van der Waals surface area contributed by atoms with Gasteiger partial charge in [-0.3, -0.25) is 9.59 Å². The largest absolute Gasteiger partial charge is 0.466 e. The molecule has 0 bridgehead atoms. The molecule has 0 fully saturated rings. The number of carbonyl (C=O) groups is 3. The van der Waals surface area contributed by atoms with Gasteiger partial charge in [-0.25, -0.2) is 4.79 Å². The van der Waals surface area contributed by atoms with E-state index in [1.807, 2.05) is 89.2 Å². The molecule has 7 nitrogen and oxygen atoms in total. The highest BCUT2D eigenvalue weighted by atomic mass is 16.6. The Morgan fingerprint density at radius 1 is 0.814 bits per heavy atom. The molecule has 0 saturated carbocycles. The van der Waals surface area contributed by atoms with Crippen LogP contribution in [-0.4, -0.2) is 31.1 Å². The number of esters is 3. The molecule has 0 aliphatic carbocycles. The molecule has 3 unspecified atom stereocenters. The lowest BCUT2D eigenvalue weighted by atomic mass is 9.76. The molecular weight excluding hydrogens is 544 g/mol. The summed E-state index contributed by atoms with van der Waals surface area (Å²) in [7, 11) is 0. The van der Waals surface area contributed by atoms with Gasteiger partial charge in [0.1, 0.15) is 11.5 Å². The van der Waals surface area contributed by atoms with Crippen LogP contribution in [0.25, 0.3) is 0 Å². The zero-order valence-corrected chi connectivity index (χ0v) is 25.8. The third kappa shape index (κ3) is 5.53. The van der Waals surface area contributed by atoms with Crippen LogP contribution in [0.1, 0.15) is 92.1 Å². The zero-order valence-electron chi connectivity index (χ0n) is 25.8. The van der Waals surface area contributed by atoms with E-state index in [-0.39, 0.29) is 41.6 Å². The molecule has 0 N–H and O–H groups in total. The minimum atomic E-state index is -1.16. The fourth-order valence-electron chi connectivity index (χ4n) is 6.19. The monoisotopic (exact) mass is 584 g/mol. The number of rotatable bonds is 10. The first-order valence-corrected chi connectivity index (χ1v) is 15.2. The first-order valence-electron chi connectivity index (χ1n) is 15.2. The van der Waals surface area contributed by atoms with E-state index >= 15 is 0 Å². The smallest absolute Gasteiger partial charge is 0.340 e. The summed E-state index contributed by atoms with van der Waals surface area (Å²) < 4.78 is 23.3. The van der Waals surface area contributed by atoms with Gasteiger partial charge >= 0.3 is 17.9 Å². The van der Waals surface area contributed by atoms with E-state index in [1.54, 1.807) is 6.07 Å². The van der Waals surface area contributed by atoms with Gasteiger partial charge in [0.25, 0.3) is 0 Å². The van der Waals surface area contributed by atoms with Crippen LogP contribution in [0.4, 0.5) is 0 Å². The predicted molar refractivity (Wildman–Crippen MR) is 162 cm³/mol. The number of fused-ring (bicyclic) bond motifs is 6. The summed E-state index contributed by atoms with van der Waals surface area (Å²) in [6.45, 7) is 12.4. The van der Waals surface area contributed by atoms with Gasteiger partial charge in [0.2, 0.25) is 0 Å². The van der Waals surface area contributed by atoms with Crippen molar-refractivity contribution < 1.29 is 33.3 Å². The molecule has 2 heterocycles. The average molecular weight is 585 g/mol. The van der Waals surface area contributed by atoms with Gasteiger partial charge < -0.3 is 18.9 Å². The Bertz CT molecular complexity index is 1540. The lowest BCUT2D eigenvalue weighted by Crippen LogP contribution is -2.33. The van der Waals surface area contributed by atoms with E-state index in [0.717, 1.165) is 27.8 Å². The van der Waals surface area contributed by atoms with E-state index in [4.69, 9.17) is 18.9 Å². The Balaban J connectivity index is 1.55. The first-order chi connectivity index (χ1) is 20.6. The van der Waals surface area contributed by atoms with Crippen LogP contribution in [0.5, 0.6) is 11.5 Å². The molecule has 5 atom stereocenters. The van der Waals surface area contributed by atoms with E-state index in [2.05, 4.69) is 6.92 Å². The quantitative estimate of drug-likeness (QED) is 0.182. The molecule has 1 spiro atoms. The Morgan fingerprint density at radius 3 is 2.21 bits per heavy atom. The summed E-state index contributed by atoms with van der Waals surface area (Å²) in [5.74, 6) is 0.294. The molecule has 0 saturated heterocycles. The molecule has 3 aromatic rings. The molecular formula is C36H40O7. The third-order valence-electron chi connectivity index (χ3n) is 9.05. The highest BCUT2D eigenvalue weighted by molar-refractivity contribution is 5.97. The van der Waals surface area contributed by atoms with Crippen molar-refractivity contribution in [1.29, 1.82) is 0 Å². The van der Waals surface area contributed by atoms with Crippen LogP contribution >= 0.6 is 0 Å². The molecule has 43 heavy (non-hydrogen) atoms. The molecule has 2 aliphatic heterocycles. The van der Waals surface area contributed by atoms with Crippen molar-refractivity contribution in [3.05, 3.63) is 94.0 Å². The van der Waals surface area contributed by atoms with Crippen LogP contribution in [-0.2, 0) is 35.8 Å². The summed E-state index contributed by atoms with van der Waals surface area (Å²) >= 11 is 0. The molecule has 226 valence electrons. The maximum atomic E-state index is 13.2. The molecule has 7 heteroatoms. The minimum absolute atomic E-state index is 0.0420. The molecule has 3 aromatic carbocycles. The van der Waals surface area contributed by atoms with Crippen molar-refractivity contribution in [3.8, 4) is 11.5 Å². The SMILES string of the molecule is CCOC(=O)CC(C)C(C)c1ccc2c(c1)Oc1cc(C[C@@H](C)[C@H](C)C(=O)OCC)ccc1C21OC(=O)c2ccccc21. The van der Waals surface area contributed by atoms with Crippen molar-refractivity contribution in [3.63, 3.8) is 0 Å². The van der Waals surface area contributed by atoms with Gasteiger partial charge in [-0.2, -0.15) is 0 Å². The molecule has 0 aromatic heterocycles. The fourth-order valence-corrected chi connectivity index (χ4v) is 6.19. The van der Waals surface area contributed by atoms with Gasteiger partial charge in [0.15, 0.2) is 5.60 Å². The van der Waals surface area contributed by atoms with Crippen molar-refractivity contribution in [2.24, 2.45) is 17.8 Å². The summed E-state index contributed by atoms with van der Waals surface area (Å²) in [5, 5.41) is 0. The number of ether oxygens (including phenoxy) is 4. The van der Waals surface area contributed by atoms with Gasteiger partial charge in [-0.1, -0.05) is 70.2 Å². The summed E-state index contributed by atoms with van der Waals surface area (Å²) in [6, 6.07) is 19.5. The fraction of sp³-hybridized carbons (Fsp3) is 0.417. The Hall–Kier alpha value is -4.13. The van der Waals surface area contributed by atoms with Crippen LogP contribution < -0.4 is 4.74 Å². The molecule has 0 amide bonds. The Labute approximate surface area is 253 Å². The van der Waals surface area contributed by atoms with Crippen LogP contribution in [0, 0.1) is 17.8 Å². The van der Waals surface area contributed by atoms with E-state index in [9.17, 15) is 14.4 Å². The van der Waals surface area contributed by atoms with Crippen molar-refractivity contribution in [1.82, 2.24) is 0 Å². The standard InChI is InChI=1S/C36H40O7/c1-7-40-33(37)18-22(4)23(5)26-14-16-30-32(20-26)42-31-19-25(17-21(3)24(6)34(38)41-8-2)13-15-29(31)36(30)28-12-10-9-11-27(28)35(39)43-36/h9-16,19-24H,7-8,17-18H2,1-6H3/t21-,22?,23?,24+,36?/m1/s1. The summed E-state index contributed by atoms with van der Waals surface area (Å²) in [6.07, 6.45) is 0.964. The van der Waals surface area contributed by atoms with Gasteiger partial charge in [0, 0.05) is 23.1 Å². The zero-order chi connectivity index (χ0) is 30.9. The highest BCUT2D eigenvalue weighted by Gasteiger charge is 2.53.